The SMILES string of the molecule is Cc1cccc2c1-n1c(c(-c3c(CC(C)C)cccc3CC(C)C)c[n+]1C)C(C)(C)C2(C)C. The highest BCUT2D eigenvalue weighted by molar-refractivity contribution is 5.76. The van der Waals surface area contributed by atoms with Gasteiger partial charge in [-0.05, 0) is 59.4 Å². The van der Waals surface area contributed by atoms with Gasteiger partial charge in [0, 0.05) is 10.8 Å². The molecule has 3 aromatic rings. The van der Waals surface area contributed by atoms with Crippen molar-refractivity contribution in [3.8, 4) is 16.8 Å². The molecule has 1 aliphatic heterocycles. The van der Waals surface area contributed by atoms with Gasteiger partial charge in [-0.1, -0.05) is 91.8 Å². The van der Waals surface area contributed by atoms with E-state index in [1.807, 2.05) is 0 Å². The highest BCUT2D eigenvalue weighted by Gasteiger charge is 2.51. The molecule has 0 amide bonds. The lowest BCUT2D eigenvalue weighted by Crippen LogP contribution is -2.51. The van der Waals surface area contributed by atoms with Crippen LogP contribution in [0.1, 0.15) is 83.3 Å². The number of nitrogens with zero attached hydrogens (tertiary/aromatic N) is 2. The van der Waals surface area contributed by atoms with E-state index in [0.717, 1.165) is 12.8 Å². The Morgan fingerprint density at radius 1 is 0.818 bits per heavy atom. The summed E-state index contributed by atoms with van der Waals surface area (Å²) < 4.78 is 4.84. The van der Waals surface area contributed by atoms with Gasteiger partial charge in [-0.15, -0.1) is 9.36 Å². The molecule has 2 heteroatoms. The Labute approximate surface area is 201 Å². The van der Waals surface area contributed by atoms with Gasteiger partial charge in [0.15, 0.2) is 7.05 Å². The Morgan fingerprint density at radius 2 is 1.36 bits per heavy atom. The van der Waals surface area contributed by atoms with Gasteiger partial charge < -0.3 is 0 Å². The van der Waals surface area contributed by atoms with Gasteiger partial charge in [-0.25, -0.2) is 0 Å². The maximum absolute atomic E-state index is 2.51. The lowest BCUT2D eigenvalue weighted by molar-refractivity contribution is -0.745. The normalized spacial score (nSPS) is 16.2. The number of fused-ring (bicyclic) bond motifs is 3. The minimum Gasteiger partial charge on any atom is -0.124 e. The second-order valence-corrected chi connectivity index (χ2v) is 12.1. The summed E-state index contributed by atoms with van der Waals surface area (Å²) in [5, 5.41) is 0. The average molecular weight is 444 g/mol. The summed E-state index contributed by atoms with van der Waals surface area (Å²) in [7, 11) is 2.21. The summed E-state index contributed by atoms with van der Waals surface area (Å²) in [6, 6.07) is 13.8. The molecule has 0 spiro atoms. The summed E-state index contributed by atoms with van der Waals surface area (Å²) >= 11 is 0. The Balaban J connectivity index is 2.12. The number of aryl methyl sites for hydroxylation is 2. The zero-order chi connectivity index (χ0) is 24.3. The van der Waals surface area contributed by atoms with E-state index in [9.17, 15) is 0 Å². The van der Waals surface area contributed by atoms with Crippen LogP contribution in [-0.4, -0.2) is 4.68 Å². The van der Waals surface area contributed by atoms with Crippen LogP contribution in [0.15, 0.2) is 42.6 Å². The molecule has 0 radical (unpaired) electrons. The van der Waals surface area contributed by atoms with Crippen molar-refractivity contribution >= 4 is 0 Å². The van der Waals surface area contributed by atoms with Crippen molar-refractivity contribution < 1.29 is 4.68 Å². The van der Waals surface area contributed by atoms with E-state index in [4.69, 9.17) is 0 Å². The highest BCUT2D eigenvalue weighted by atomic mass is 15.4. The number of rotatable bonds is 5. The first-order chi connectivity index (χ1) is 15.4. The van der Waals surface area contributed by atoms with Crippen molar-refractivity contribution in [2.24, 2.45) is 18.9 Å². The molecule has 0 saturated heterocycles. The summed E-state index contributed by atoms with van der Waals surface area (Å²) in [5.41, 5.74) is 11.4. The maximum atomic E-state index is 2.51. The summed E-state index contributed by atoms with van der Waals surface area (Å²) in [6.45, 7) is 21.3. The van der Waals surface area contributed by atoms with Gasteiger partial charge >= 0.3 is 0 Å². The molecule has 0 saturated carbocycles. The molecule has 0 aliphatic carbocycles. The van der Waals surface area contributed by atoms with Gasteiger partial charge in [-0.3, -0.25) is 0 Å². The molecular weight excluding hydrogens is 400 g/mol. The topological polar surface area (TPSA) is 8.81 Å². The zero-order valence-electron chi connectivity index (χ0n) is 22.5. The first-order valence-corrected chi connectivity index (χ1v) is 12.7. The lowest BCUT2D eigenvalue weighted by Gasteiger charge is -2.46. The molecule has 1 aromatic heterocycles. The van der Waals surface area contributed by atoms with Crippen molar-refractivity contribution in [2.75, 3.05) is 0 Å². The second kappa shape index (κ2) is 8.15. The van der Waals surface area contributed by atoms with E-state index in [2.05, 4.69) is 121 Å². The molecule has 4 rings (SSSR count). The molecule has 0 N–H and O–H groups in total. The van der Waals surface area contributed by atoms with Gasteiger partial charge in [0.25, 0.3) is 0 Å². The third kappa shape index (κ3) is 3.66. The molecule has 0 fully saturated rings. The molecular formula is C31H43N2+. The van der Waals surface area contributed by atoms with Crippen LogP contribution in [0.5, 0.6) is 0 Å². The minimum atomic E-state index is -0.0373. The van der Waals surface area contributed by atoms with E-state index in [1.54, 1.807) is 0 Å². The van der Waals surface area contributed by atoms with Gasteiger partial charge in [0.1, 0.15) is 11.4 Å². The number of aromatic nitrogens is 2. The van der Waals surface area contributed by atoms with Crippen LogP contribution in [0, 0.1) is 18.8 Å². The summed E-state index contributed by atoms with van der Waals surface area (Å²) in [4.78, 5) is 0. The number of benzene rings is 2. The molecule has 0 unspecified atom stereocenters. The van der Waals surface area contributed by atoms with Gasteiger partial charge in [0.2, 0.25) is 6.20 Å². The van der Waals surface area contributed by atoms with Crippen LogP contribution < -0.4 is 4.68 Å². The summed E-state index contributed by atoms with van der Waals surface area (Å²) in [6.07, 6.45) is 4.61. The smallest absolute Gasteiger partial charge is 0.124 e. The monoisotopic (exact) mass is 443 g/mol. The quantitative estimate of drug-likeness (QED) is 0.367. The van der Waals surface area contributed by atoms with Crippen LogP contribution >= 0.6 is 0 Å². The van der Waals surface area contributed by atoms with Crippen molar-refractivity contribution in [3.05, 3.63) is 70.5 Å². The minimum absolute atomic E-state index is 0.00958. The first kappa shape index (κ1) is 23.8. The standard InChI is InChI=1S/C31H43N2/c1-20(2)17-23-14-12-15-24(18-21(3)4)27(23)25-19-32(10)33-28-22(5)13-11-16-26(28)30(6,7)31(8,9)29(25)33/h11-16,19-21H,17-18H2,1-10H3/q+1. The van der Waals surface area contributed by atoms with E-state index in [0.29, 0.717) is 11.8 Å². The van der Waals surface area contributed by atoms with Crippen molar-refractivity contribution in [3.63, 3.8) is 0 Å². The summed E-state index contributed by atoms with van der Waals surface area (Å²) in [5.74, 6) is 1.25. The molecule has 0 atom stereocenters. The van der Waals surface area contributed by atoms with E-state index in [1.165, 1.54) is 44.8 Å². The van der Waals surface area contributed by atoms with Crippen molar-refractivity contribution in [2.45, 2.75) is 86.0 Å². The molecule has 0 bridgehead atoms. The largest absolute Gasteiger partial charge is 0.203 e. The fourth-order valence-electron chi connectivity index (χ4n) is 5.93. The van der Waals surface area contributed by atoms with Crippen LogP contribution in [0.25, 0.3) is 16.8 Å². The van der Waals surface area contributed by atoms with E-state index < -0.39 is 0 Å². The first-order valence-electron chi connectivity index (χ1n) is 12.7. The second-order valence-electron chi connectivity index (χ2n) is 12.1. The van der Waals surface area contributed by atoms with Crippen molar-refractivity contribution in [1.82, 2.24) is 4.68 Å². The van der Waals surface area contributed by atoms with Crippen molar-refractivity contribution in [1.29, 1.82) is 0 Å². The molecule has 1 aliphatic rings. The predicted molar refractivity (Wildman–Crippen MR) is 140 cm³/mol. The molecule has 2 aromatic carbocycles. The van der Waals surface area contributed by atoms with Crippen LogP contribution in [0.3, 0.4) is 0 Å². The molecule has 176 valence electrons. The Hall–Kier alpha value is -2.35. The van der Waals surface area contributed by atoms with Crippen LogP contribution in [0.2, 0.25) is 0 Å². The van der Waals surface area contributed by atoms with Gasteiger partial charge in [0.05, 0.1) is 5.56 Å². The Morgan fingerprint density at radius 3 is 1.91 bits per heavy atom. The molecule has 2 heterocycles. The average Bonchev–Trinajstić information content (AvgIpc) is 3.03. The van der Waals surface area contributed by atoms with E-state index >= 15 is 0 Å². The maximum Gasteiger partial charge on any atom is 0.203 e. The Bertz CT molecular complexity index is 1160. The predicted octanol–water partition coefficient (Wildman–Crippen LogP) is 7.24. The number of para-hydroxylation sites is 1. The van der Waals surface area contributed by atoms with Gasteiger partial charge in [-0.2, -0.15) is 0 Å². The Kier molecular flexibility index (Phi) is 5.88. The fourth-order valence-corrected chi connectivity index (χ4v) is 5.93. The fraction of sp³-hybridized carbons (Fsp3) is 0.516. The van der Waals surface area contributed by atoms with Crippen LogP contribution in [-0.2, 0) is 30.7 Å². The third-order valence-corrected chi connectivity index (χ3v) is 8.14. The van der Waals surface area contributed by atoms with E-state index in [-0.39, 0.29) is 10.8 Å². The molecule has 2 nitrogen and oxygen atoms in total. The number of hydrogen-bond donors (Lipinski definition) is 0. The number of hydrogen-bond acceptors (Lipinski definition) is 0. The third-order valence-electron chi connectivity index (χ3n) is 8.14. The lowest BCUT2D eigenvalue weighted by atomic mass is 9.59. The highest BCUT2D eigenvalue weighted by Crippen LogP contribution is 2.53. The van der Waals surface area contributed by atoms with Crippen LogP contribution in [0.4, 0.5) is 0 Å². The molecule has 33 heavy (non-hydrogen) atoms. The zero-order valence-corrected chi connectivity index (χ0v) is 22.5.